The van der Waals surface area contributed by atoms with E-state index in [1.165, 1.54) is 128 Å². The van der Waals surface area contributed by atoms with Gasteiger partial charge in [-0.3, -0.25) is 0 Å². The van der Waals surface area contributed by atoms with Crippen LogP contribution in [0.3, 0.4) is 0 Å². The lowest BCUT2D eigenvalue weighted by atomic mass is 9.43. The van der Waals surface area contributed by atoms with Gasteiger partial charge in [-0.05, 0) is 115 Å². The smallest absolute Gasteiger partial charge is 0.333 e. The van der Waals surface area contributed by atoms with E-state index in [0.29, 0.717) is 0 Å². The number of aromatic nitrogens is 1. The zero-order valence-corrected chi connectivity index (χ0v) is 33.6. The molecule has 3 heteroatoms. The van der Waals surface area contributed by atoms with Gasteiger partial charge >= 0.3 is 6.85 Å². The summed E-state index contributed by atoms with van der Waals surface area (Å²) in [6.07, 6.45) is 0. The minimum Gasteiger partial charge on any atom is -0.375 e. The number of fused-ring (bicyclic) bond motifs is 18. The number of rotatable bonds is 1. The lowest BCUT2D eigenvalue weighted by molar-refractivity contribution is 0.666. The largest absolute Gasteiger partial charge is 0.375 e. The molecular formula is C56H39BN2. The van der Waals surface area contributed by atoms with Crippen LogP contribution in [0.15, 0.2) is 164 Å². The summed E-state index contributed by atoms with van der Waals surface area (Å²) in [4.78, 5) is 2.67. The van der Waals surface area contributed by atoms with Crippen molar-refractivity contribution < 1.29 is 0 Å². The van der Waals surface area contributed by atoms with Crippen LogP contribution >= 0.6 is 0 Å². The molecular weight excluding hydrogens is 711 g/mol. The van der Waals surface area contributed by atoms with Crippen molar-refractivity contribution in [3.05, 3.63) is 208 Å². The molecule has 1 aromatic heterocycles. The van der Waals surface area contributed by atoms with E-state index < -0.39 is 5.41 Å². The molecule has 2 nitrogen and oxygen atoms in total. The number of aryl methyl sites for hydroxylation is 2. The van der Waals surface area contributed by atoms with Gasteiger partial charge in [-0.25, -0.2) is 0 Å². The number of anilines is 3. The molecule has 14 rings (SSSR count). The summed E-state index contributed by atoms with van der Waals surface area (Å²) >= 11 is 0. The van der Waals surface area contributed by atoms with Crippen LogP contribution < -0.4 is 15.8 Å². The maximum atomic E-state index is 2.79. The Hall–Kier alpha value is -6.84. The Morgan fingerprint density at radius 2 is 1.08 bits per heavy atom. The SMILES string of the molecule is Cc1cccc(C)c1-c1cc2c3c(c1)N1c4ccccc4C4(c5ccccc5-c5ccccc54)c4cccc(c41)B3n1c3c(c4cccc-2c41)C(C)(C)c1ccccc1-3. The molecule has 2 aliphatic carbocycles. The molecule has 0 bridgehead atoms. The van der Waals surface area contributed by atoms with Crippen molar-refractivity contribution in [2.45, 2.75) is 38.5 Å². The highest BCUT2D eigenvalue weighted by atomic mass is 15.2. The van der Waals surface area contributed by atoms with E-state index in [1.54, 1.807) is 0 Å². The third kappa shape index (κ3) is 3.53. The van der Waals surface area contributed by atoms with Gasteiger partial charge in [-0.15, -0.1) is 0 Å². The first kappa shape index (κ1) is 32.2. The van der Waals surface area contributed by atoms with Gasteiger partial charge < -0.3 is 9.38 Å². The van der Waals surface area contributed by atoms with Crippen LogP contribution in [-0.4, -0.2) is 11.3 Å². The summed E-state index contributed by atoms with van der Waals surface area (Å²) in [7, 11) is 0. The highest BCUT2D eigenvalue weighted by molar-refractivity contribution is 6.90. The summed E-state index contributed by atoms with van der Waals surface area (Å²) in [6, 6.07) is 63.0. The van der Waals surface area contributed by atoms with Crippen LogP contribution in [0.4, 0.5) is 17.1 Å². The fraction of sp³-hybridized carbons (Fsp3) is 0.107. The molecule has 9 aromatic rings. The number of nitrogens with zero attached hydrogens (tertiary/aromatic N) is 2. The van der Waals surface area contributed by atoms with Crippen LogP contribution in [-0.2, 0) is 10.8 Å². The van der Waals surface area contributed by atoms with Crippen LogP contribution in [0.2, 0.25) is 0 Å². The van der Waals surface area contributed by atoms with E-state index in [1.807, 2.05) is 0 Å². The lowest BCUT2D eigenvalue weighted by Crippen LogP contribution is -2.58. The Morgan fingerprint density at radius 3 is 1.83 bits per heavy atom. The summed E-state index contributed by atoms with van der Waals surface area (Å²) < 4.78 is 2.79. The number of para-hydroxylation sites is 3. The maximum absolute atomic E-state index is 2.79. The van der Waals surface area contributed by atoms with Crippen LogP contribution in [0.5, 0.6) is 0 Å². The molecule has 0 unspecified atom stereocenters. The normalized spacial score (nSPS) is 15.7. The molecule has 0 saturated heterocycles. The molecule has 0 atom stereocenters. The average Bonchev–Trinajstić information content (AvgIpc) is 3.85. The number of hydrogen-bond acceptors (Lipinski definition) is 1. The first-order valence-electron chi connectivity index (χ1n) is 21.1. The van der Waals surface area contributed by atoms with Crippen molar-refractivity contribution in [1.29, 1.82) is 0 Å². The van der Waals surface area contributed by atoms with Crippen molar-refractivity contribution in [3.63, 3.8) is 0 Å². The van der Waals surface area contributed by atoms with E-state index in [4.69, 9.17) is 0 Å². The Labute approximate surface area is 345 Å². The molecule has 0 amide bonds. The standard InChI is InChI=1S/C56H39BN2/c1-32-16-13-17-33(2)49(32)34-30-40-37-21-14-22-39-50-53(38-20-7-8-23-41(38)55(50,3)4)59(52(37)39)57-46-28-15-27-45-54(46)58(48(31-34)51(40)57)47-29-12-11-26-44(47)56(45)42-24-9-5-18-35(42)36-19-6-10-25-43(36)56/h5-31H,1-4H3. The molecule has 5 aliphatic rings. The van der Waals surface area contributed by atoms with Gasteiger partial charge in [0, 0.05) is 44.5 Å². The van der Waals surface area contributed by atoms with Crippen molar-refractivity contribution in [3.8, 4) is 44.6 Å². The van der Waals surface area contributed by atoms with E-state index in [9.17, 15) is 0 Å². The minimum absolute atomic E-state index is 0.0319. The molecule has 3 aliphatic heterocycles. The van der Waals surface area contributed by atoms with E-state index >= 15 is 0 Å². The van der Waals surface area contributed by atoms with E-state index in [-0.39, 0.29) is 12.3 Å². The van der Waals surface area contributed by atoms with Gasteiger partial charge in [0.15, 0.2) is 0 Å². The first-order valence-corrected chi connectivity index (χ1v) is 21.1. The van der Waals surface area contributed by atoms with Crippen molar-refractivity contribution in [1.82, 2.24) is 4.48 Å². The monoisotopic (exact) mass is 750 g/mol. The molecule has 4 heterocycles. The van der Waals surface area contributed by atoms with E-state index in [0.717, 1.165) is 0 Å². The summed E-state index contributed by atoms with van der Waals surface area (Å²) in [5, 5.41) is 1.37. The lowest BCUT2D eigenvalue weighted by Gasteiger charge is -2.50. The Morgan fingerprint density at radius 1 is 0.492 bits per heavy atom. The van der Waals surface area contributed by atoms with Crippen molar-refractivity contribution >= 4 is 45.7 Å². The second kappa shape index (κ2) is 10.6. The summed E-state index contributed by atoms with van der Waals surface area (Å²) in [5.41, 5.74) is 28.9. The first-order chi connectivity index (χ1) is 28.9. The second-order valence-corrected chi connectivity index (χ2v) is 18.0. The molecule has 0 N–H and O–H groups in total. The fourth-order valence-corrected chi connectivity index (χ4v) is 12.9. The second-order valence-electron chi connectivity index (χ2n) is 18.0. The van der Waals surface area contributed by atoms with Crippen LogP contribution in [0, 0.1) is 13.8 Å². The summed E-state index contributed by atoms with van der Waals surface area (Å²) in [6.45, 7) is 9.39. The fourth-order valence-electron chi connectivity index (χ4n) is 12.9. The molecule has 0 fully saturated rings. The van der Waals surface area contributed by atoms with Gasteiger partial charge in [-0.2, -0.15) is 0 Å². The predicted octanol–water partition coefficient (Wildman–Crippen LogP) is 12.3. The average molecular weight is 751 g/mol. The van der Waals surface area contributed by atoms with E-state index in [2.05, 4.69) is 201 Å². The van der Waals surface area contributed by atoms with Gasteiger partial charge in [0.1, 0.15) is 0 Å². The van der Waals surface area contributed by atoms with Crippen molar-refractivity contribution in [2.24, 2.45) is 0 Å². The van der Waals surface area contributed by atoms with Gasteiger partial charge in [-0.1, -0.05) is 159 Å². The molecule has 1 spiro atoms. The zero-order chi connectivity index (χ0) is 39.1. The van der Waals surface area contributed by atoms with Crippen molar-refractivity contribution in [2.75, 3.05) is 4.90 Å². The Balaban J connectivity index is 1.20. The highest BCUT2D eigenvalue weighted by Crippen LogP contribution is 2.64. The van der Waals surface area contributed by atoms with Gasteiger partial charge in [0.25, 0.3) is 0 Å². The minimum atomic E-state index is -0.481. The molecule has 276 valence electrons. The zero-order valence-electron chi connectivity index (χ0n) is 33.6. The Bertz CT molecular complexity index is 3350. The van der Waals surface area contributed by atoms with Gasteiger partial charge in [0.05, 0.1) is 11.1 Å². The third-order valence-corrected chi connectivity index (χ3v) is 15.0. The van der Waals surface area contributed by atoms with Crippen LogP contribution in [0.25, 0.3) is 55.5 Å². The molecule has 8 aromatic carbocycles. The Kier molecular flexibility index (Phi) is 5.78. The maximum Gasteiger partial charge on any atom is 0.333 e. The highest BCUT2D eigenvalue weighted by Gasteiger charge is 2.56. The quantitative estimate of drug-likeness (QED) is 0.152. The molecule has 59 heavy (non-hydrogen) atoms. The summed E-state index contributed by atoms with van der Waals surface area (Å²) in [5.74, 6) is 0. The number of hydrogen-bond donors (Lipinski definition) is 0. The topological polar surface area (TPSA) is 8.17 Å². The van der Waals surface area contributed by atoms with Crippen LogP contribution in [0.1, 0.15) is 58.4 Å². The number of benzene rings is 8. The predicted molar refractivity (Wildman–Crippen MR) is 246 cm³/mol. The third-order valence-electron chi connectivity index (χ3n) is 15.0. The molecule has 0 saturated carbocycles. The van der Waals surface area contributed by atoms with Gasteiger partial charge in [0.2, 0.25) is 0 Å². The molecule has 0 radical (unpaired) electrons.